The number of nitrogen functional groups attached to an aromatic ring is 1. The van der Waals surface area contributed by atoms with Gasteiger partial charge in [-0.3, -0.25) is 4.79 Å². The first-order chi connectivity index (χ1) is 5.66. The fourth-order valence-electron chi connectivity index (χ4n) is 0.822. The molecule has 1 aromatic rings. The number of nitrogens with one attached hydrogen (secondary N) is 1. The van der Waals surface area contributed by atoms with E-state index in [1.54, 1.807) is 6.07 Å². The third kappa shape index (κ3) is 1.32. The Morgan fingerprint density at radius 3 is 2.83 bits per heavy atom. The van der Waals surface area contributed by atoms with E-state index in [9.17, 15) is 9.90 Å². The summed E-state index contributed by atoms with van der Waals surface area (Å²) >= 11 is 0. The van der Waals surface area contributed by atoms with Crippen LogP contribution in [-0.4, -0.2) is 11.0 Å². The molecule has 1 amide bonds. The second-order valence-corrected chi connectivity index (χ2v) is 2.22. The Labute approximate surface area is 70.0 Å². The van der Waals surface area contributed by atoms with Gasteiger partial charge in [0.25, 0.3) is 5.91 Å². The molecule has 0 aliphatic carbocycles. The number of anilines is 1. The summed E-state index contributed by atoms with van der Waals surface area (Å²) in [5.74, 6) is -0.819. The molecule has 1 aromatic carbocycles. The quantitative estimate of drug-likeness (QED) is 0.319. The second kappa shape index (κ2) is 3.13. The first kappa shape index (κ1) is 8.39. The SMILES string of the molecule is [CH]NC(=O)c1cccc(N)c1O. The molecule has 4 N–H and O–H groups in total. The normalized spacial score (nSPS) is 9.42. The third-order valence-electron chi connectivity index (χ3n) is 1.44. The topological polar surface area (TPSA) is 75.4 Å². The van der Waals surface area contributed by atoms with Crippen LogP contribution in [0, 0.1) is 7.05 Å². The van der Waals surface area contributed by atoms with Crippen molar-refractivity contribution in [3.8, 4) is 5.75 Å². The van der Waals surface area contributed by atoms with Crippen LogP contribution < -0.4 is 11.1 Å². The van der Waals surface area contributed by atoms with Crippen LogP contribution >= 0.6 is 0 Å². The number of hydrogen-bond donors (Lipinski definition) is 3. The fraction of sp³-hybridized carbons (Fsp3) is 0. The minimum absolute atomic E-state index is 0.0671. The van der Waals surface area contributed by atoms with Gasteiger partial charge in [-0.15, -0.1) is 0 Å². The molecule has 0 atom stereocenters. The lowest BCUT2D eigenvalue weighted by Gasteiger charge is -2.03. The van der Waals surface area contributed by atoms with Gasteiger partial charge in [0.1, 0.15) is 0 Å². The van der Waals surface area contributed by atoms with Crippen LogP contribution in [0.25, 0.3) is 0 Å². The number of carbonyl (C=O) groups excluding carboxylic acids is 1. The summed E-state index contributed by atoms with van der Waals surface area (Å²) in [6.45, 7) is 0. The van der Waals surface area contributed by atoms with Gasteiger partial charge in [0.15, 0.2) is 5.75 Å². The highest BCUT2D eigenvalue weighted by Crippen LogP contribution is 2.23. The lowest BCUT2D eigenvalue weighted by Crippen LogP contribution is -2.15. The zero-order valence-electron chi connectivity index (χ0n) is 6.24. The number of phenolic OH excluding ortho intramolecular Hbond substituents is 1. The number of amides is 1. The van der Waals surface area contributed by atoms with E-state index in [0.29, 0.717) is 0 Å². The van der Waals surface area contributed by atoms with Crippen LogP contribution in [0.1, 0.15) is 10.4 Å². The van der Waals surface area contributed by atoms with Gasteiger partial charge in [0, 0.05) is 0 Å². The molecule has 0 bridgehead atoms. The van der Waals surface area contributed by atoms with E-state index in [1.807, 2.05) is 5.32 Å². The van der Waals surface area contributed by atoms with E-state index in [-0.39, 0.29) is 17.0 Å². The van der Waals surface area contributed by atoms with Crippen molar-refractivity contribution in [3.05, 3.63) is 30.8 Å². The number of carbonyl (C=O) groups is 1. The van der Waals surface area contributed by atoms with Crippen LogP contribution in [0.3, 0.4) is 0 Å². The summed E-state index contributed by atoms with van der Waals surface area (Å²) in [5, 5.41) is 11.2. The van der Waals surface area contributed by atoms with Crippen LogP contribution in [-0.2, 0) is 0 Å². The lowest BCUT2D eigenvalue weighted by molar-refractivity contribution is 0.0966. The van der Waals surface area contributed by atoms with Crippen molar-refractivity contribution >= 4 is 11.6 Å². The number of aromatic hydroxyl groups is 1. The smallest absolute Gasteiger partial charge is 0.255 e. The minimum atomic E-state index is -0.570. The molecule has 0 aliphatic rings. The van der Waals surface area contributed by atoms with Crippen molar-refractivity contribution in [2.75, 3.05) is 5.73 Å². The Bertz CT molecular complexity index is 310. The van der Waals surface area contributed by atoms with Gasteiger partial charge >= 0.3 is 0 Å². The van der Waals surface area contributed by atoms with E-state index in [4.69, 9.17) is 12.8 Å². The molecule has 4 heteroatoms. The van der Waals surface area contributed by atoms with Crippen LogP contribution in [0.15, 0.2) is 18.2 Å². The molecule has 0 unspecified atom stereocenters. The minimum Gasteiger partial charge on any atom is -0.505 e. The Morgan fingerprint density at radius 1 is 1.58 bits per heavy atom. The molecule has 0 aromatic heterocycles. The van der Waals surface area contributed by atoms with Crippen molar-refractivity contribution in [1.29, 1.82) is 0 Å². The largest absolute Gasteiger partial charge is 0.505 e. The van der Waals surface area contributed by atoms with E-state index >= 15 is 0 Å². The standard InChI is InChI=1S/C8H8N2O2/c1-10-8(12)5-3-2-4-6(9)7(5)11/h1-4,11H,9H2,(H,10,12). The number of hydrogen-bond acceptors (Lipinski definition) is 3. The molecular weight excluding hydrogens is 156 g/mol. The lowest BCUT2D eigenvalue weighted by atomic mass is 10.1. The number of rotatable bonds is 1. The monoisotopic (exact) mass is 164 g/mol. The molecule has 62 valence electrons. The van der Waals surface area contributed by atoms with Gasteiger partial charge < -0.3 is 16.2 Å². The average molecular weight is 164 g/mol. The molecule has 0 saturated carbocycles. The van der Waals surface area contributed by atoms with Crippen molar-refractivity contribution in [1.82, 2.24) is 5.32 Å². The second-order valence-electron chi connectivity index (χ2n) is 2.22. The van der Waals surface area contributed by atoms with E-state index in [0.717, 1.165) is 0 Å². The van der Waals surface area contributed by atoms with Gasteiger partial charge in [-0.1, -0.05) is 6.07 Å². The summed E-state index contributed by atoms with van der Waals surface area (Å²) < 4.78 is 0. The summed E-state index contributed by atoms with van der Waals surface area (Å²) in [4.78, 5) is 10.9. The number of para-hydroxylation sites is 1. The van der Waals surface area contributed by atoms with Gasteiger partial charge in [0.2, 0.25) is 0 Å². The molecule has 0 spiro atoms. The van der Waals surface area contributed by atoms with Crippen molar-refractivity contribution in [2.24, 2.45) is 0 Å². The molecule has 0 aliphatic heterocycles. The maximum atomic E-state index is 10.9. The fourth-order valence-corrected chi connectivity index (χ4v) is 0.822. The number of nitrogens with two attached hydrogens (primary N) is 1. The van der Waals surface area contributed by atoms with E-state index in [1.165, 1.54) is 12.1 Å². The Morgan fingerprint density at radius 2 is 2.25 bits per heavy atom. The first-order valence-electron chi connectivity index (χ1n) is 3.25. The highest BCUT2D eigenvalue weighted by Gasteiger charge is 2.10. The molecule has 0 heterocycles. The maximum Gasteiger partial charge on any atom is 0.255 e. The number of phenols is 1. The van der Waals surface area contributed by atoms with E-state index < -0.39 is 5.91 Å². The Hall–Kier alpha value is -1.71. The average Bonchev–Trinajstić information content (AvgIpc) is 2.08. The highest BCUT2D eigenvalue weighted by molar-refractivity contribution is 5.98. The highest BCUT2D eigenvalue weighted by atomic mass is 16.3. The molecule has 0 saturated heterocycles. The Kier molecular flexibility index (Phi) is 2.19. The molecule has 0 fully saturated rings. The van der Waals surface area contributed by atoms with Crippen LogP contribution in [0.5, 0.6) is 5.75 Å². The van der Waals surface area contributed by atoms with Crippen LogP contribution in [0.2, 0.25) is 0 Å². The Balaban J connectivity index is 3.16. The van der Waals surface area contributed by atoms with Gasteiger partial charge in [-0.25, -0.2) is 0 Å². The van der Waals surface area contributed by atoms with Crippen molar-refractivity contribution < 1.29 is 9.90 Å². The zero-order chi connectivity index (χ0) is 9.14. The third-order valence-corrected chi connectivity index (χ3v) is 1.44. The molecular formula is C8H8N2O2. The summed E-state index contributed by atoms with van der Waals surface area (Å²) in [6, 6.07) is 4.47. The first-order valence-corrected chi connectivity index (χ1v) is 3.25. The predicted molar refractivity (Wildman–Crippen MR) is 44.3 cm³/mol. The maximum absolute atomic E-state index is 10.9. The summed E-state index contributed by atoms with van der Waals surface area (Å²) in [5.41, 5.74) is 5.56. The van der Waals surface area contributed by atoms with Crippen molar-refractivity contribution in [3.63, 3.8) is 0 Å². The van der Waals surface area contributed by atoms with Gasteiger partial charge in [0.05, 0.1) is 18.3 Å². The van der Waals surface area contributed by atoms with E-state index in [2.05, 4.69) is 0 Å². The summed E-state index contributed by atoms with van der Waals surface area (Å²) in [6.07, 6.45) is 0. The number of benzene rings is 1. The molecule has 1 rings (SSSR count). The van der Waals surface area contributed by atoms with Gasteiger partial charge in [-0.2, -0.15) is 0 Å². The molecule has 4 nitrogen and oxygen atoms in total. The summed E-state index contributed by atoms with van der Waals surface area (Å²) in [7, 11) is 4.87. The molecule has 12 heavy (non-hydrogen) atoms. The van der Waals surface area contributed by atoms with Gasteiger partial charge in [-0.05, 0) is 12.1 Å². The van der Waals surface area contributed by atoms with Crippen LogP contribution in [0.4, 0.5) is 5.69 Å². The predicted octanol–water partition coefficient (Wildman–Crippen LogP) is 0.373. The zero-order valence-corrected chi connectivity index (χ0v) is 6.24. The molecule has 2 radical (unpaired) electrons. The van der Waals surface area contributed by atoms with Crippen molar-refractivity contribution in [2.45, 2.75) is 0 Å².